The van der Waals surface area contributed by atoms with Crippen LogP contribution in [0, 0.1) is 0 Å². The number of benzene rings is 1. The normalized spacial score (nSPS) is 17.4. The van der Waals surface area contributed by atoms with Crippen molar-refractivity contribution in [3.63, 3.8) is 0 Å². The first kappa shape index (κ1) is 15.5. The molecule has 1 heterocycles. The number of carbonyl (C=O) groups is 1. The van der Waals surface area contributed by atoms with Crippen LogP contribution in [-0.2, 0) is 4.79 Å². The van der Waals surface area contributed by atoms with Gasteiger partial charge in [0.1, 0.15) is 5.75 Å². The molecule has 5 heteroatoms. The summed E-state index contributed by atoms with van der Waals surface area (Å²) in [5, 5.41) is 0.974. The second-order valence-electron chi connectivity index (χ2n) is 5.07. The van der Waals surface area contributed by atoms with Crippen LogP contribution in [0.1, 0.15) is 32.6 Å². The van der Waals surface area contributed by atoms with Gasteiger partial charge >= 0.3 is 0 Å². The van der Waals surface area contributed by atoms with Gasteiger partial charge in [-0.25, -0.2) is 0 Å². The Morgan fingerprint density at radius 3 is 2.45 bits per heavy atom. The molecule has 2 rings (SSSR count). The summed E-state index contributed by atoms with van der Waals surface area (Å²) in [4.78, 5) is 14.3. The Balaban J connectivity index is 1.99. The fourth-order valence-electron chi connectivity index (χ4n) is 2.36. The van der Waals surface area contributed by atoms with Crippen LogP contribution in [-0.4, -0.2) is 30.0 Å². The van der Waals surface area contributed by atoms with Crippen molar-refractivity contribution in [2.75, 3.05) is 13.1 Å². The monoisotopic (exact) mass is 315 g/mol. The number of nitrogens with zero attached hydrogens (tertiary/aromatic N) is 1. The van der Waals surface area contributed by atoms with Crippen molar-refractivity contribution in [1.29, 1.82) is 0 Å². The van der Waals surface area contributed by atoms with Gasteiger partial charge in [-0.3, -0.25) is 4.79 Å². The van der Waals surface area contributed by atoms with E-state index in [2.05, 4.69) is 0 Å². The zero-order valence-corrected chi connectivity index (χ0v) is 13.1. The van der Waals surface area contributed by atoms with Gasteiger partial charge in [-0.1, -0.05) is 36.0 Å². The van der Waals surface area contributed by atoms with Crippen LogP contribution in [0.4, 0.5) is 0 Å². The summed E-state index contributed by atoms with van der Waals surface area (Å²) in [6.07, 6.45) is 4.00. The van der Waals surface area contributed by atoms with Crippen molar-refractivity contribution in [3.8, 4) is 5.75 Å². The first-order valence-corrected chi connectivity index (χ1v) is 7.74. The van der Waals surface area contributed by atoms with Crippen molar-refractivity contribution < 1.29 is 9.53 Å². The maximum Gasteiger partial charge on any atom is 0.263 e. The van der Waals surface area contributed by atoms with Crippen molar-refractivity contribution in [2.45, 2.75) is 38.7 Å². The molecule has 0 saturated carbocycles. The van der Waals surface area contributed by atoms with Crippen LogP contribution in [0.5, 0.6) is 5.75 Å². The summed E-state index contributed by atoms with van der Waals surface area (Å²) in [6.45, 7) is 3.40. The molecule has 20 heavy (non-hydrogen) atoms. The van der Waals surface area contributed by atoms with Gasteiger partial charge in [0.15, 0.2) is 6.10 Å². The molecular weight excluding hydrogens is 297 g/mol. The number of halogens is 2. The topological polar surface area (TPSA) is 29.5 Å². The van der Waals surface area contributed by atoms with Crippen LogP contribution in [0.2, 0.25) is 10.0 Å². The molecule has 1 aromatic rings. The largest absolute Gasteiger partial charge is 0.479 e. The van der Waals surface area contributed by atoms with Crippen LogP contribution in [0.25, 0.3) is 0 Å². The SMILES string of the molecule is CC(Oc1ccc(Cl)cc1Cl)C(=O)N1CCCCCC1. The number of amides is 1. The Morgan fingerprint density at radius 1 is 1.20 bits per heavy atom. The number of carbonyl (C=O) groups excluding carboxylic acids is 1. The standard InChI is InChI=1S/C15H19Cl2NO2/c1-11(15(19)18-8-4-2-3-5-9-18)20-14-7-6-12(16)10-13(14)17/h6-7,10-11H,2-5,8-9H2,1H3. The molecule has 1 fully saturated rings. The first-order chi connectivity index (χ1) is 9.58. The summed E-state index contributed by atoms with van der Waals surface area (Å²) in [6, 6.07) is 5.00. The Hall–Kier alpha value is -0.930. The second kappa shape index (κ2) is 7.19. The lowest BCUT2D eigenvalue weighted by atomic mass is 10.2. The minimum atomic E-state index is -0.535. The number of ether oxygens (including phenoxy) is 1. The fraction of sp³-hybridized carbons (Fsp3) is 0.533. The van der Waals surface area contributed by atoms with Crippen molar-refractivity contribution >= 4 is 29.1 Å². The molecule has 1 aliphatic rings. The zero-order chi connectivity index (χ0) is 14.5. The highest BCUT2D eigenvalue weighted by Gasteiger charge is 2.23. The Kier molecular flexibility index (Phi) is 5.55. The number of rotatable bonds is 3. The molecule has 0 aliphatic carbocycles. The van der Waals surface area contributed by atoms with E-state index in [-0.39, 0.29) is 5.91 Å². The van der Waals surface area contributed by atoms with E-state index in [1.807, 2.05) is 4.90 Å². The molecule has 110 valence electrons. The van der Waals surface area contributed by atoms with Gasteiger partial charge < -0.3 is 9.64 Å². The predicted octanol–water partition coefficient (Wildman–Crippen LogP) is 4.16. The number of likely N-dealkylation sites (tertiary alicyclic amines) is 1. The maximum atomic E-state index is 12.4. The lowest BCUT2D eigenvalue weighted by Gasteiger charge is -2.24. The van der Waals surface area contributed by atoms with E-state index in [0.29, 0.717) is 15.8 Å². The summed E-state index contributed by atoms with van der Waals surface area (Å²) in [5.74, 6) is 0.518. The highest BCUT2D eigenvalue weighted by atomic mass is 35.5. The van der Waals surface area contributed by atoms with E-state index in [4.69, 9.17) is 27.9 Å². The average molecular weight is 316 g/mol. The van der Waals surface area contributed by atoms with Gasteiger partial charge in [-0.05, 0) is 38.0 Å². The van der Waals surface area contributed by atoms with Crippen LogP contribution in [0.15, 0.2) is 18.2 Å². The Bertz CT molecular complexity index is 471. The number of hydrogen-bond acceptors (Lipinski definition) is 2. The van der Waals surface area contributed by atoms with Gasteiger partial charge in [-0.2, -0.15) is 0 Å². The molecule has 0 spiro atoms. The summed E-state index contributed by atoms with van der Waals surface area (Å²) < 4.78 is 5.67. The van der Waals surface area contributed by atoms with Gasteiger partial charge in [0.25, 0.3) is 5.91 Å². The van der Waals surface area contributed by atoms with Crippen molar-refractivity contribution in [2.24, 2.45) is 0 Å². The summed E-state index contributed by atoms with van der Waals surface area (Å²) in [7, 11) is 0. The fourth-order valence-corrected chi connectivity index (χ4v) is 2.81. The lowest BCUT2D eigenvalue weighted by molar-refractivity contribution is -0.137. The third kappa shape index (κ3) is 4.03. The predicted molar refractivity (Wildman–Crippen MR) is 81.6 cm³/mol. The zero-order valence-electron chi connectivity index (χ0n) is 11.6. The lowest BCUT2D eigenvalue weighted by Crippen LogP contribution is -2.41. The molecule has 0 N–H and O–H groups in total. The quantitative estimate of drug-likeness (QED) is 0.838. The summed E-state index contributed by atoms with van der Waals surface area (Å²) in [5.41, 5.74) is 0. The highest BCUT2D eigenvalue weighted by Crippen LogP contribution is 2.28. The molecule has 0 aromatic heterocycles. The molecule has 1 atom stereocenters. The van der Waals surface area contributed by atoms with Gasteiger partial charge in [0.2, 0.25) is 0 Å². The van der Waals surface area contributed by atoms with E-state index < -0.39 is 6.10 Å². The average Bonchev–Trinajstić information content (AvgIpc) is 2.70. The van der Waals surface area contributed by atoms with E-state index in [0.717, 1.165) is 25.9 Å². The molecule has 1 aromatic carbocycles. The van der Waals surface area contributed by atoms with E-state index in [1.165, 1.54) is 12.8 Å². The van der Waals surface area contributed by atoms with Crippen LogP contribution < -0.4 is 4.74 Å². The van der Waals surface area contributed by atoms with E-state index >= 15 is 0 Å². The van der Waals surface area contributed by atoms with Crippen LogP contribution >= 0.6 is 23.2 Å². The smallest absolute Gasteiger partial charge is 0.263 e. The first-order valence-electron chi connectivity index (χ1n) is 6.98. The highest BCUT2D eigenvalue weighted by molar-refractivity contribution is 6.35. The molecule has 1 amide bonds. The van der Waals surface area contributed by atoms with Gasteiger partial charge in [-0.15, -0.1) is 0 Å². The molecule has 1 aliphatic heterocycles. The molecule has 1 saturated heterocycles. The van der Waals surface area contributed by atoms with Crippen LogP contribution in [0.3, 0.4) is 0 Å². The Morgan fingerprint density at radius 2 is 1.85 bits per heavy atom. The molecule has 0 radical (unpaired) electrons. The Labute approximate surface area is 129 Å². The molecule has 1 unspecified atom stereocenters. The minimum absolute atomic E-state index is 0.0258. The second-order valence-corrected chi connectivity index (χ2v) is 5.92. The van der Waals surface area contributed by atoms with E-state index in [9.17, 15) is 4.79 Å². The number of hydrogen-bond donors (Lipinski definition) is 0. The van der Waals surface area contributed by atoms with Gasteiger partial charge in [0.05, 0.1) is 5.02 Å². The van der Waals surface area contributed by atoms with Gasteiger partial charge in [0, 0.05) is 18.1 Å². The summed E-state index contributed by atoms with van der Waals surface area (Å²) >= 11 is 11.9. The third-order valence-electron chi connectivity index (χ3n) is 3.46. The van der Waals surface area contributed by atoms with Crippen molar-refractivity contribution in [1.82, 2.24) is 4.90 Å². The third-order valence-corrected chi connectivity index (χ3v) is 3.99. The molecular formula is C15H19Cl2NO2. The van der Waals surface area contributed by atoms with Crippen molar-refractivity contribution in [3.05, 3.63) is 28.2 Å². The van der Waals surface area contributed by atoms with E-state index in [1.54, 1.807) is 25.1 Å². The molecule has 0 bridgehead atoms. The maximum absolute atomic E-state index is 12.4. The molecule has 3 nitrogen and oxygen atoms in total. The minimum Gasteiger partial charge on any atom is -0.479 e.